The van der Waals surface area contributed by atoms with Crippen LogP contribution in [0, 0.1) is 9.49 Å². The molecule has 0 spiro atoms. The van der Waals surface area contributed by atoms with E-state index in [-0.39, 0.29) is 12.1 Å². The number of urea groups is 1. The Labute approximate surface area is 134 Å². The van der Waals surface area contributed by atoms with Gasteiger partial charge in [-0.15, -0.1) is 0 Å². The number of morpholine rings is 1. The summed E-state index contributed by atoms with van der Waals surface area (Å²) in [5, 5.41) is 2.98. The zero-order valence-electron chi connectivity index (χ0n) is 11.9. The van der Waals surface area contributed by atoms with Gasteiger partial charge >= 0.3 is 6.03 Å². The normalized spacial score (nSPS) is 19.2. The zero-order chi connectivity index (χ0) is 14.5. The topological polar surface area (TPSA) is 41.6 Å². The fourth-order valence-corrected chi connectivity index (χ4v) is 2.97. The summed E-state index contributed by atoms with van der Waals surface area (Å²) in [7, 11) is 0. The Morgan fingerprint density at radius 1 is 1.55 bits per heavy atom. The third-order valence-electron chi connectivity index (χ3n) is 3.31. The molecule has 2 rings (SSSR count). The van der Waals surface area contributed by atoms with Crippen molar-refractivity contribution in [2.45, 2.75) is 26.3 Å². The quantitative estimate of drug-likeness (QED) is 0.805. The number of anilines is 1. The average molecular weight is 388 g/mol. The fraction of sp³-hybridized carbons (Fsp3) is 0.533. The first-order chi connectivity index (χ1) is 9.56. The van der Waals surface area contributed by atoms with Crippen LogP contribution in [0.1, 0.15) is 20.3 Å². The van der Waals surface area contributed by atoms with E-state index in [1.807, 2.05) is 29.2 Å². The predicted molar refractivity (Wildman–Crippen MR) is 88.9 cm³/mol. The summed E-state index contributed by atoms with van der Waals surface area (Å²) in [5.41, 5.74) is 0.844. The first kappa shape index (κ1) is 15.6. The Hall–Kier alpha value is -0.820. The van der Waals surface area contributed by atoms with Crippen LogP contribution in [-0.2, 0) is 4.74 Å². The number of nitrogens with zero attached hydrogens (tertiary/aromatic N) is 1. The van der Waals surface area contributed by atoms with Gasteiger partial charge in [0.2, 0.25) is 0 Å². The molecule has 1 fully saturated rings. The molecule has 2 amide bonds. The van der Waals surface area contributed by atoms with Crippen molar-refractivity contribution in [3.05, 3.63) is 27.8 Å². The van der Waals surface area contributed by atoms with Crippen molar-refractivity contribution in [1.82, 2.24) is 4.90 Å². The zero-order valence-corrected chi connectivity index (χ0v) is 14.1. The van der Waals surface area contributed by atoms with Crippen LogP contribution < -0.4 is 5.32 Å². The van der Waals surface area contributed by atoms with E-state index >= 15 is 0 Å². The van der Waals surface area contributed by atoms with Crippen molar-refractivity contribution in [3.63, 3.8) is 0 Å². The standard InChI is InChI=1S/C15H21IN2O2/c1-11(2)8-14-10-20-7-6-18(14)15(19)17-13-5-3-4-12(16)9-13/h3-5,9,11,14H,6-8,10H2,1-2H3,(H,17,19). The van der Waals surface area contributed by atoms with E-state index in [1.165, 1.54) is 0 Å². The van der Waals surface area contributed by atoms with Crippen LogP contribution in [0.15, 0.2) is 24.3 Å². The van der Waals surface area contributed by atoms with Gasteiger partial charge in [0.25, 0.3) is 0 Å². The maximum absolute atomic E-state index is 12.4. The number of carbonyl (C=O) groups excluding carboxylic acids is 1. The number of hydrogen-bond acceptors (Lipinski definition) is 2. The van der Waals surface area contributed by atoms with Crippen LogP contribution in [0.2, 0.25) is 0 Å². The second kappa shape index (κ2) is 7.26. The second-order valence-electron chi connectivity index (χ2n) is 5.49. The summed E-state index contributed by atoms with van der Waals surface area (Å²) < 4.78 is 6.62. The summed E-state index contributed by atoms with van der Waals surface area (Å²) in [5.74, 6) is 0.551. The molecule has 4 nitrogen and oxygen atoms in total. The fourth-order valence-electron chi connectivity index (χ4n) is 2.42. The lowest BCUT2D eigenvalue weighted by molar-refractivity contribution is 0.00857. The van der Waals surface area contributed by atoms with E-state index in [4.69, 9.17) is 4.74 Å². The van der Waals surface area contributed by atoms with Crippen molar-refractivity contribution >= 4 is 34.3 Å². The molecule has 0 bridgehead atoms. The van der Waals surface area contributed by atoms with Crippen molar-refractivity contribution in [3.8, 4) is 0 Å². The SMILES string of the molecule is CC(C)CC1COCCN1C(=O)Nc1cccc(I)c1. The molecule has 1 aliphatic rings. The van der Waals surface area contributed by atoms with E-state index in [9.17, 15) is 4.79 Å². The highest BCUT2D eigenvalue weighted by atomic mass is 127. The first-order valence-electron chi connectivity index (χ1n) is 6.97. The minimum absolute atomic E-state index is 0.0269. The van der Waals surface area contributed by atoms with Gasteiger partial charge < -0.3 is 15.0 Å². The number of ether oxygens (including phenoxy) is 1. The lowest BCUT2D eigenvalue weighted by atomic mass is 10.0. The molecule has 1 unspecified atom stereocenters. The van der Waals surface area contributed by atoms with Gasteiger partial charge in [0.1, 0.15) is 0 Å². The second-order valence-corrected chi connectivity index (χ2v) is 6.74. The van der Waals surface area contributed by atoms with Crippen LogP contribution >= 0.6 is 22.6 Å². The monoisotopic (exact) mass is 388 g/mol. The first-order valence-corrected chi connectivity index (χ1v) is 8.05. The summed E-state index contributed by atoms with van der Waals surface area (Å²) in [6, 6.07) is 7.98. The van der Waals surface area contributed by atoms with E-state index in [2.05, 4.69) is 41.8 Å². The summed E-state index contributed by atoms with van der Waals surface area (Å²) in [4.78, 5) is 14.3. The van der Waals surface area contributed by atoms with Crippen molar-refractivity contribution in [2.24, 2.45) is 5.92 Å². The molecule has 1 atom stereocenters. The van der Waals surface area contributed by atoms with Crippen LogP contribution in [0.3, 0.4) is 0 Å². The molecule has 0 aromatic heterocycles. The number of benzene rings is 1. The molecular formula is C15H21IN2O2. The summed E-state index contributed by atoms with van der Waals surface area (Å²) in [6.07, 6.45) is 0.972. The Bertz CT molecular complexity index is 465. The number of nitrogens with one attached hydrogen (secondary N) is 1. The Balaban J connectivity index is 2.02. The van der Waals surface area contributed by atoms with Gasteiger partial charge in [-0.25, -0.2) is 4.79 Å². The molecule has 1 aromatic rings. The molecular weight excluding hydrogens is 367 g/mol. The minimum Gasteiger partial charge on any atom is -0.377 e. The molecule has 0 aliphatic carbocycles. The predicted octanol–water partition coefficient (Wildman–Crippen LogP) is 3.57. The number of rotatable bonds is 3. The van der Waals surface area contributed by atoms with Gasteiger partial charge in [0.15, 0.2) is 0 Å². The highest BCUT2D eigenvalue weighted by Crippen LogP contribution is 2.18. The van der Waals surface area contributed by atoms with Gasteiger partial charge in [-0.2, -0.15) is 0 Å². The maximum atomic E-state index is 12.4. The molecule has 0 radical (unpaired) electrons. The molecule has 0 saturated carbocycles. The molecule has 20 heavy (non-hydrogen) atoms. The lowest BCUT2D eigenvalue weighted by Gasteiger charge is -2.36. The minimum atomic E-state index is -0.0269. The van der Waals surface area contributed by atoms with Gasteiger partial charge in [0.05, 0.1) is 19.3 Å². The van der Waals surface area contributed by atoms with Crippen LogP contribution in [-0.4, -0.2) is 36.7 Å². The molecule has 1 aromatic carbocycles. The van der Waals surface area contributed by atoms with Crippen LogP contribution in [0.5, 0.6) is 0 Å². The smallest absolute Gasteiger partial charge is 0.322 e. The van der Waals surface area contributed by atoms with E-state index in [1.54, 1.807) is 0 Å². The molecule has 1 N–H and O–H groups in total. The van der Waals surface area contributed by atoms with Crippen molar-refractivity contribution in [2.75, 3.05) is 25.1 Å². The Kier molecular flexibility index (Phi) is 5.65. The molecule has 1 saturated heterocycles. The van der Waals surface area contributed by atoms with E-state index in [0.29, 0.717) is 25.7 Å². The largest absolute Gasteiger partial charge is 0.377 e. The average Bonchev–Trinajstić information content (AvgIpc) is 2.38. The van der Waals surface area contributed by atoms with E-state index < -0.39 is 0 Å². The number of carbonyl (C=O) groups is 1. The lowest BCUT2D eigenvalue weighted by Crippen LogP contribution is -2.50. The Morgan fingerprint density at radius 2 is 2.35 bits per heavy atom. The third-order valence-corrected chi connectivity index (χ3v) is 3.98. The molecule has 110 valence electrons. The highest BCUT2D eigenvalue weighted by molar-refractivity contribution is 14.1. The van der Waals surface area contributed by atoms with Gasteiger partial charge in [-0.1, -0.05) is 19.9 Å². The summed E-state index contributed by atoms with van der Waals surface area (Å²) in [6.45, 7) is 6.26. The highest BCUT2D eigenvalue weighted by Gasteiger charge is 2.27. The number of amides is 2. The van der Waals surface area contributed by atoms with Gasteiger partial charge in [-0.05, 0) is 53.1 Å². The third kappa shape index (κ3) is 4.34. The van der Waals surface area contributed by atoms with Gasteiger partial charge in [0, 0.05) is 15.8 Å². The molecule has 5 heteroatoms. The van der Waals surface area contributed by atoms with Crippen LogP contribution in [0.25, 0.3) is 0 Å². The Morgan fingerprint density at radius 3 is 3.05 bits per heavy atom. The van der Waals surface area contributed by atoms with Crippen LogP contribution in [0.4, 0.5) is 10.5 Å². The number of hydrogen-bond donors (Lipinski definition) is 1. The van der Waals surface area contributed by atoms with Gasteiger partial charge in [-0.3, -0.25) is 0 Å². The molecule has 1 heterocycles. The number of halogens is 1. The van der Waals surface area contributed by atoms with E-state index in [0.717, 1.165) is 15.7 Å². The maximum Gasteiger partial charge on any atom is 0.322 e. The molecule has 1 aliphatic heterocycles. The van der Waals surface area contributed by atoms with Crippen molar-refractivity contribution in [1.29, 1.82) is 0 Å². The summed E-state index contributed by atoms with van der Waals surface area (Å²) >= 11 is 2.24. The van der Waals surface area contributed by atoms with Crippen molar-refractivity contribution < 1.29 is 9.53 Å².